The van der Waals surface area contributed by atoms with Crippen molar-refractivity contribution in [2.45, 2.75) is 65.6 Å². The average molecular weight is 244 g/mol. The number of hydrogen-bond donors (Lipinski definition) is 3. The van der Waals surface area contributed by atoms with Gasteiger partial charge >= 0.3 is 0 Å². The largest absolute Gasteiger partial charge is 0.395 e. The number of carbonyl (C=O) groups is 1. The zero-order chi connectivity index (χ0) is 13.6. The third-order valence-electron chi connectivity index (χ3n) is 3.20. The van der Waals surface area contributed by atoms with Crippen LogP contribution in [0.4, 0.5) is 0 Å². The van der Waals surface area contributed by atoms with Crippen LogP contribution in [0, 0.1) is 5.92 Å². The molecule has 0 bridgehead atoms. The molecule has 0 rings (SSSR count). The lowest BCUT2D eigenvalue weighted by Gasteiger charge is -2.29. The zero-order valence-electron chi connectivity index (χ0n) is 12.0. The molecule has 4 nitrogen and oxygen atoms in total. The lowest BCUT2D eigenvalue weighted by Crippen LogP contribution is -2.54. The van der Waals surface area contributed by atoms with Crippen LogP contribution in [0.2, 0.25) is 0 Å². The van der Waals surface area contributed by atoms with E-state index >= 15 is 0 Å². The molecule has 2 atom stereocenters. The van der Waals surface area contributed by atoms with Crippen molar-refractivity contribution in [3.63, 3.8) is 0 Å². The highest BCUT2D eigenvalue weighted by Gasteiger charge is 2.24. The summed E-state index contributed by atoms with van der Waals surface area (Å²) in [5, 5.41) is 15.4. The Morgan fingerprint density at radius 2 is 1.82 bits per heavy atom. The van der Waals surface area contributed by atoms with Gasteiger partial charge in [0.2, 0.25) is 5.91 Å². The zero-order valence-corrected chi connectivity index (χ0v) is 12.0. The summed E-state index contributed by atoms with van der Waals surface area (Å²) in [6, 6.07) is -0.333. The number of aliphatic hydroxyl groups excluding tert-OH is 1. The van der Waals surface area contributed by atoms with Gasteiger partial charge in [-0.3, -0.25) is 4.79 Å². The monoisotopic (exact) mass is 244 g/mol. The van der Waals surface area contributed by atoms with Gasteiger partial charge in [0.15, 0.2) is 0 Å². The summed E-state index contributed by atoms with van der Waals surface area (Å²) >= 11 is 0. The van der Waals surface area contributed by atoms with Gasteiger partial charge < -0.3 is 15.7 Å². The lowest BCUT2D eigenvalue weighted by atomic mass is 10.0. The highest BCUT2D eigenvalue weighted by molar-refractivity contribution is 5.82. The van der Waals surface area contributed by atoms with E-state index in [1.54, 1.807) is 0 Å². The fourth-order valence-electron chi connectivity index (χ4n) is 1.38. The van der Waals surface area contributed by atoms with Crippen LogP contribution in [0.15, 0.2) is 0 Å². The molecule has 0 aromatic rings. The second-order valence-corrected chi connectivity index (χ2v) is 5.65. The van der Waals surface area contributed by atoms with Gasteiger partial charge in [0, 0.05) is 11.6 Å². The van der Waals surface area contributed by atoms with Crippen molar-refractivity contribution in [2.24, 2.45) is 5.92 Å². The molecule has 2 unspecified atom stereocenters. The van der Waals surface area contributed by atoms with E-state index in [0.29, 0.717) is 5.92 Å². The fraction of sp³-hybridized carbons (Fsp3) is 0.923. The smallest absolute Gasteiger partial charge is 0.237 e. The number of aliphatic hydroxyl groups is 1. The summed E-state index contributed by atoms with van der Waals surface area (Å²) in [6.45, 7) is 12.0. The second kappa shape index (κ2) is 6.97. The van der Waals surface area contributed by atoms with Crippen LogP contribution in [0.3, 0.4) is 0 Å². The van der Waals surface area contributed by atoms with Crippen LogP contribution >= 0.6 is 0 Å². The van der Waals surface area contributed by atoms with Crippen LogP contribution < -0.4 is 10.6 Å². The third-order valence-corrected chi connectivity index (χ3v) is 3.20. The SMILES string of the molecule is CCC(C)(C)NC(=O)C(C)NC(CO)C(C)C. The van der Waals surface area contributed by atoms with Crippen molar-refractivity contribution in [1.82, 2.24) is 10.6 Å². The number of amides is 1. The van der Waals surface area contributed by atoms with E-state index in [4.69, 9.17) is 0 Å². The molecule has 0 aliphatic carbocycles. The molecule has 0 saturated carbocycles. The van der Waals surface area contributed by atoms with Gasteiger partial charge in [-0.05, 0) is 33.1 Å². The summed E-state index contributed by atoms with van der Waals surface area (Å²) in [5.41, 5.74) is -0.181. The first kappa shape index (κ1) is 16.4. The molecule has 0 aromatic heterocycles. The fourth-order valence-corrected chi connectivity index (χ4v) is 1.38. The van der Waals surface area contributed by atoms with Gasteiger partial charge in [-0.25, -0.2) is 0 Å². The van der Waals surface area contributed by atoms with Crippen molar-refractivity contribution in [3.05, 3.63) is 0 Å². The van der Waals surface area contributed by atoms with Gasteiger partial charge in [0.05, 0.1) is 12.6 Å². The number of nitrogens with one attached hydrogen (secondary N) is 2. The molecule has 3 N–H and O–H groups in total. The van der Waals surface area contributed by atoms with Crippen LogP contribution in [0.5, 0.6) is 0 Å². The minimum absolute atomic E-state index is 0.0176. The van der Waals surface area contributed by atoms with E-state index in [-0.39, 0.29) is 30.1 Å². The van der Waals surface area contributed by atoms with Crippen molar-refractivity contribution < 1.29 is 9.90 Å². The van der Waals surface area contributed by atoms with Gasteiger partial charge in [-0.2, -0.15) is 0 Å². The van der Waals surface area contributed by atoms with Crippen molar-refractivity contribution in [1.29, 1.82) is 0 Å². The summed E-state index contributed by atoms with van der Waals surface area (Å²) in [6.07, 6.45) is 0.888. The van der Waals surface area contributed by atoms with Crippen LogP contribution in [0.1, 0.15) is 48.0 Å². The number of rotatable bonds is 7. The van der Waals surface area contributed by atoms with Crippen molar-refractivity contribution in [2.75, 3.05) is 6.61 Å². The predicted molar refractivity (Wildman–Crippen MR) is 70.8 cm³/mol. The molecule has 0 saturated heterocycles. The van der Waals surface area contributed by atoms with Gasteiger partial charge in [0.1, 0.15) is 0 Å². The van der Waals surface area contributed by atoms with E-state index in [0.717, 1.165) is 6.42 Å². The molecule has 0 fully saturated rings. The summed E-state index contributed by atoms with van der Waals surface area (Å²) in [7, 11) is 0. The van der Waals surface area contributed by atoms with E-state index in [2.05, 4.69) is 10.6 Å². The lowest BCUT2D eigenvalue weighted by molar-refractivity contribution is -0.124. The Bertz CT molecular complexity index is 240. The Hall–Kier alpha value is -0.610. The van der Waals surface area contributed by atoms with Crippen molar-refractivity contribution in [3.8, 4) is 0 Å². The Kier molecular flexibility index (Phi) is 6.72. The van der Waals surface area contributed by atoms with Gasteiger partial charge in [-0.15, -0.1) is 0 Å². The maximum Gasteiger partial charge on any atom is 0.237 e. The van der Waals surface area contributed by atoms with E-state index in [1.165, 1.54) is 0 Å². The molecule has 0 aromatic carbocycles. The van der Waals surface area contributed by atoms with Crippen molar-refractivity contribution >= 4 is 5.91 Å². The Labute approximate surface area is 105 Å². The molecule has 0 heterocycles. The van der Waals surface area contributed by atoms with Crippen LogP contribution in [0.25, 0.3) is 0 Å². The molecule has 0 radical (unpaired) electrons. The quantitative estimate of drug-likeness (QED) is 0.632. The molecule has 0 spiro atoms. The average Bonchev–Trinajstić information content (AvgIpc) is 2.24. The molecule has 0 aliphatic heterocycles. The second-order valence-electron chi connectivity index (χ2n) is 5.65. The molecule has 1 amide bonds. The Morgan fingerprint density at radius 1 is 1.29 bits per heavy atom. The van der Waals surface area contributed by atoms with Gasteiger partial charge in [-0.1, -0.05) is 20.8 Å². The molecular weight excluding hydrogens is 216 g/mol. The standard InChI is InChI=1S/C13H28N2O2/c1-7-13(5,6)15-12(17)10(4)14-11(8-16)9(2)3/h9-11,14,16H,7-8H2,1-6H3,(H,15,17). The predicted octanol–water partition coefficient (Wildman–Crippen LogP) is 1.29. The highest BCUT2D eigenvalue weighted by atomic mass is 16.3. The third kappa shape index (κ3) is 6.03. The molecule has 102 valence electrons. The first-order valence-electron chi connectivity index (χ1n) is 6.42. The minimum atomic E-state index is -0.291. The first-order chi connectivity index (χ1) is 7.73. The normalized spacial score (nSPS) is 15.8. The first-order valence-corrected chi connectivity index (χ1v) is 6.42. The summed E-state index contributed by atoms with van der Waals surface area (Å²) in [5.74, 6) is 0.283. The maximum absolute atomic E-state index is 11.9. The van der Waals surface area contributed by atoms with E-state index in [9.17, 15) is 9.90 Å². The summed E-state index contributed by atoms with van der Waals surface area (Å²) in [4.78, 5) is 11.9. The number of carbonyl (C=O) groups excluding carboxylic acids is 1. The van der Waals surface area contributed by atoms with Crippen LogP contribution in [-0.2, 0) is 4.79 Å². The molecular formula is C13H28N2O2. The minimum Gasteiger partial charge on any atom is -0.395 e. The highest BCUT2D eigenvalue weighted by Crippen LogP contribution is 2.08. The molecule has 4 heteroatoms. The van der Waals surface area contributed by atoms with E-state index < -0.39 is 0 Å². The topological polar surface area (TPSA) is 61.4 Å². The molecule has 0 aliphatic rings. The maximum atomic E-state index is 11.9. The van der Waals surface area contributed by atoms with Gasteiger partial charge in [0.25, 0.3) is 0 Å². The molecule has 17 heavy (non-hydrogen) atoms. The summed E-state index contributed by atoms with van der Waals surface area (Å²) < 4.78 is 0. The number of hydrogen-bond acceptors (Lipinski definition) is 3. The van der Waals surface area contributed by atoms with E-state index in [1.807, 2.05) is 41.5 Å². The Morgan fingerprint density at radius 3 is 2.18 bits per heavy atom. The van der Waals surface area contributed by atoms with Crippen LogP contribution in [-0.4, -0.2) is 35.2 Å². The Balaban J connectivity index is 4.31.